The van der Waals surface area contributed by atoms with E-state index >= 15 is 0 Å². The van der Waals surface area contributed by atoms with Crippen molar-refractivity contribution in [2.24, 2.45) is 0 Å². The highest BCUT2D eigenvalue weighted by Gasteiger charge is 2.04. The summed E-state index contributed by atoms with van der Waals surface area (Å²) in [5, 5.41) is 1.98. The first-order chi connectivity index (χ1) is 9.33. The van der Waals surface area contributed by atoms with Crippen molar-refractivity contribution in [1.29, 1.82) is 0 Å². The predicted molar refractivity (Wildman–Crippen MR) is 77.2 cm³/mol. The molecular formula is C15H10N2OS. The summed E-state index contributed by atoms with van der Waals surface area (Å²) in [5.74, 6) is -0.0269. The van der Waals surface area contributed by atoms with Crippen LogP contribution < -0.4 is 0 Å². The quantitative estimate of drug-likeness (QED) is 0.537. The van der Waals surface area contributed by atoms with E-state index in [0.29, 0.717) is 5.56 Å². The molecule has 0 unspecified atom stereocenters. The molecule has 0 bridgehead atoms. The Hall–Kier alpha value is -2.33. The molecule has 3 rings (SSSR count). The van der Waals surface area contributed by atoms with Gasteiger partial charge in [-0.25, -0.2) is 0 Å². The summed E-state index contributed by atoms with van der Waals surface area (Å²) < 4.78 is 0. The van der Waals surface area contributed by atoms with Crippen molar-refractivity contribution in [3.05, 3.63) is 64.6 Å². The van der Waals surface area contributed by atoms with Crippen molar-refractivity contribution in [3.8, 4) is 0 Å². The lowest BCUT2D eigenvalue weighted by atomic mass is 10.1. The summed E-state index contributed by atoms with van der Waals surface area (Å²) in [5.41, 5.74) is 2.15. The van der Waals surface area contributed by atoms with Crippen LogP contribution >= 0.6 is 11.3 Å². The molecule has 0 N–H and O–H groups in total. The van der Waals surface area contributed by atoms with Crippen LogP contribution in [0.4, 0.5) is 0 Å². The van der Waals surface area contributed by atoms with Crippen molar-refractivity contribution in [3.63, 3.8) is 0 Å². The van der Waals surface area contributed by atoms with E-state index in [0.717, 1.165) is 15.9 Å². The van der Waals surface area contributed by atoms with Crippen molar-refractivity contribution in [1.82, 2.24) is 9.97 Å². The van der Waals surface area contributed by atoms with Crippen molar-refractivity contribution in [2.75, 3.05) is 0 Å². The number of rotatable bonds is 3. The zero-order chi connectivity index (χ0) is 13.1. The summed E-state index contributed by atoms with van der Waals surface area (Å²) >= 11 is 1.60. The van der Waals surface area contributed by atoms with Crippen LogP contribution in [0.25, 0.3) is 17.1 Å². The van der Waals surface area contributed by atoms with Gasteiger partial charge in [-0.2, -0.15) is 0 Å². The average Bonchev–Trinajstić information content (AvgIpc) is 2.97. The third kappa shape index (κ3) is 2.58. The highest BCUT2D eigenvalue weighted by Crippen LogP contribution is 2.14. The highest BCUT2D eigenvalue weighted by molar-refractivity contribution is 7.10. The van der Waals surface area contributed by atoms with E-state index in [4.69, 9.17) is 0 Å². The molecule has 0 atom stereocenters. The second kappa shape index (κ2) is 5.12. The maximum absolute atomic E-state index is 12.1. The van der Waals surface area contributed by atoms with E-state index in [2.05, 4.69) is 9.97 Å². The number of aromatic nitrogens is 2. The minimum atomic E-state index is -0.0269. The fraction of sp³-hybridized carbons (Fsp3) is 0. The molecule has 3 nitrogen and oxygen atoms in total. The molecule has 92 valence electrons. The van der Waals surface area contributed by atoms with Crippen LogP contribution in [-0.2, 0) is 0 Å². The fourth-order valence-corrected chi connectivity index (χ4v) is 2.37. The Kier molecular flexibility index (Phi) is 3.16. The topological polar surface area (TPSA) is 42.9 Å². The number of thiophene rings is 1. The number of nitrogens with zero attached hydrogens (tertiary/aromatic N) is 2. The molecule has 2 heterocycles. The van der Waals surface area contributed by atoms with Gasteiger partial charge in [-0.05, 0) is 41.8 Å². The molecule has 0 saturated heterocycles. The molecule has 3 aromatic rings. The zero-order valence-electron chi connectivity index (χ0n) is 9.98. The molecule has 0 aliphatic rings. The Morgan fingerprint density at radius 1 is 1.11 bits per heavy atom. The van der Waals surface area contributed by atoms with Crippen LogP contribution in [0.3, 0.4) is 0 Å². The van der Waals surface area contributed by atoms with E-state index in [9.17, 15) is 4.79 Å². The first-order valence-electron chi connectivity index (χ1n) is 5.79. The van der Waals surface area contributed by atoms with Crippen molar-refractivity contribution >= 4 is 34.2 Å². The van der Waals surface area contributed by atoms with E-state index in [1.807, 2.05) is 29.7 Å². The third-order valence-electron chi connectivity index (χ3n) is 2.70. The Labute approximate surface area is 114 Å². The third-order valence-corrected chi connectivity index (χ3v) is 3.53. The number of ketones is 1. The lowest BCUT2D eigenvalue weighted by molar-refractivity contribution is 0.104. The first-order valence-corrected chi connectivity index (χ1v) is 6.67. The number of benzene rings is 1. The SMILES string of the molecule is O=C(/C=C/c1cccs1)c1ccc2nccnc2c1. The van der Waals surface area contributed by atoms with Gasteiger partial charge in [0.25, 0.3) is 0 Å². The number of allylic oxidation sites excluding steroid dienone is 1. The second-order valence-electron chi connectivity index (χ2n) is 3.97. The number of carbonyl (C=O) groups excluding carboxylic acids is 1. The Morgan fingerprint density at radius 2 is 1.95 bits per heavy atom. The Morgan fingerprint density at radius 3 is 2.74 bits per heavy atom. The van der Waals surface area contributed by atoms with Gasteiger partial charge in [0.2, 0.25) is 0 Å². The molecule has 19 heavy (non-hydrogen) atoms. The van der Waals surface area contributed by atoms with Gasteiger partial charge < -0.3 is 0 Å². The first kappa shape index (κ1) is 11.7. The van der Waals surface area contributed by atoms with Crippen LogP contribution in [0.5, 0.6) is 0 Å². The molecule has 0 spiro atoms. The normalized spacial score (nSPS) is 11.2. The summed E-state index contributed by atoms with van der Waals surface area (Å²) in [6.45, 7) is 0. The average molecular weight is 266 g/mol. The molecule has 2 aromatic heterocycles. The molecular weight excluding hydrogens is 256 g/mol. The molecule has 0 amide bonds. The van der Waals surface area contributed by atoms with Crippen LogP contribution in [0.2, 0.25) is 0 Å². The molecule has 0 fully saturated rings. The molecule has 4 heteroatoms. The van der Waals surface area contributed by atoms with Gasteiger partial charge in [0.05, 0.1) is 11.0 Å². The fourth-order valence-electron chi connectivity index (χ4n) is 1.76. The second-order valence-corrected chi connectivity index (χ2v) is 4.95. The van der Waals surface area contributed by atoms with Gasteiger partial charge in [0.15, 0.2) is 5.78 Å². The molecule has 1 aromatic carbocycles. The predicted octanol–water partition coefficient (Wildman–Crippen LogP) is 3.59. The van der Waals surface area contributed by atoms with Crippen LogP contribution in [0, 0.1) is 0 Å². The largest absolute Gasteiger partial charge is 0.289 e. The zero-order valence-corrected chi connectivity index (χ0v) is 10.8. The standard InChI is InChI=1S/C15H10N2OS/c18-15(6-4-12-2-1-9-19-12)11-3-5-13-14(10-11)17-8-7-16-13/h1-10H/b6-4+. The lowest BCUT2D eigenvalue weighted by Crippen LogP contribution is -1.94. The minimum Gasteiger partial charge on any atom is -0.289 e. The molecule has 0 aliphatic heterocycles. The van der Waals surface area contributed by atoms with Gasteiger partial charge in [-0.15, -0.1) is 11.3 Å². The van der Waals surface area contributed by atoms with Crippen LogP contribution in [-0.4, -0.2) is 15.8 Å². The summed E-state index contributed by atoms with van der Waals surface area (Å²) in [6, 6.07) is 9.29. The number of fused-ring (bicyclic) bond motifs is 1. The smallest absolute Gasteiger partial charge is 0.185 e. The Balaban J connectivity index is 1.89. The van der Waals surface area contributed by atoms with Gasteiger partial charge >= 0.3 is 0 Å². The molecule has 0 radical (unpaired) electrons. The van der Waals surface area contributed by atoms with E-state index < -0.39 is 0 Å². The van der Waals surface area contributed by atoms with Crippen molar-refractivity contribution < 1.29 is 4.79 Å². The summed E-state index contributed by atoms with van der Waals surface area (Å²) in [6.07, 6.45) is 6.68. The number of carbonyl (C=O) groups is 1. The van der Waals surface area contributed by atoms with Gasteiger partial charge in [-0.3, -0.25) is 14.8 Å². The molecule has 0 saturated carbocycles. The van der Waals surface area contributed by atoms with Crippen LogP contribution in [0.15, 0.2) is 54.2 Å². The van der Waals surface area contributed by atoms with Crippen molar-refractivity contribution in [2.45, 2.75) is 0 Å². The molecule has 0 aliphatic carbocycles. The summed E-state index contributed by atoms with van der Waals surface area (Å²) in [7, 11) is 0. The highest BCUT2D eigenvalue weighted by atomic mass is 32.1. The van der Waals surface area contributed by atoms with E-state index in [-0.39, 0.29) is 5.78 Å². The summed E-state index contributed by atoms with van der Waals surface area (Å²) in [4.78, 5) is 21.5. The minimum absolute atomic E-state index is 0.0269. The Bertz CT molecular complexity index is 748. The van der Waals surface area contributed by atoms with E-state index in [1.165, 1.54) is 0 Å². The van der Waals surface area contributed by atoms with Crippen LogP contribution in [0.1, 0.15) is 15.2 Å². The number of hydrogen-bond acceptors (Lipinski definition) is 4. The maximum Gasteiger partial charge on any atom is 0.185 e. The van der Waals surface area contributed by atoms with Gasteiger partial charge in [-0.1, -0.05) is 6.07 Å². The lowest BCUT2D eigenvalue weighted by Gasteiger charge is -1.98. The number of hydrogen-bond donors (Lipinski definition) is 0. The monoisotopic (exact) mass is 266 g/mol. The van der Waals surface area contributed by atoms with Gasteiger partial charge in [0.1, 0.15) is 0 Å². The van der Waals surface area contributed by atoms with E-state index in [1.54, 1.807) is 41.9 Å². The van der Waals surface area contributed by atoms with Gasteiger partial charge in [0, 0.05) is 22.8 Å². The maximum atomic E-state index is 12.1.